The molecule has 0 atom stereocenters. The average molecular weight is 272 g/mol. The SMILES string of the molecule is Cc1ccc(N)c(C(=O)NCCc2ccc(F)cc2)c1. The molecule has 3 nitrogen and oxygen atoms in total. The zero-order valence-corrected chi connectivity index (χ0v) is 11.3. The van der Waals surface area contributed by atoms with E-state index < -0.39 is 0 Å². The number of nitrogen functional groups attached to an aromatic ring is 1. The molecule has 0 fully saturated rings. The van der Waals surface area contributed by atoms with Crippen LogP contribution in [0.1, 0.15) is 21.5 Å². The Hall–Kier alpha value is -2.36. The smallest absolute Gasteiger partial charge is 0.253 e. The summed E-state index contributed by atoms with van der Waals surface area (Å²) in [4.78, 5) is 12.0. The molecule has 104 valence electrons. The van der Waals surface area contributed by atoms with Crippen LogP contribution in [0.5, 0.6) is 0 Å². The summed E-state index contributed by atoms with van der Waals surface area (Å²) < 4.78 is 12.8. The van der Waals surface area contributed by atoms with E-state index in [0.717, 1.165) is 11.1 Å². The Bertz CT molecular complexity index is 608. The molecule has 0 radical (unpaired) electrons. The molecule has 0 spiro atoms. The lowest BCUT2D eigenvalue weighted by atomic mass is 10.1. The normalized spacial score (nSPS) is 10.3. The third-order valence-electron chi connectivity index (χ3n) is 3.07. The van der Waals surface area contributed by atoms with Gasteiger partial charge < -0.3 is 11.1 Å². The first kappa shape index (κ1) is 14.1. The highest BCUT2D eigenvalue weighted by molar-refractivity contribution is 5.99. The Morgan fingerprint density at radius 3 is 2.60 bits per heavy atom. The van der Waals surface area contributed by atoms with Crippen molar-refractivity contribution in [1.29, 1.82) is 0 Å². The van der Waals surface area contributed by atoms with E-state index in [-0.39, 0.29) is 11.7 Å². The Morgan fingerprint density at radius 2 is 1.90 bits per heavy atom. The molecule has 0 heterocycles. The van der Waals surface area contributed by atoms with Crippen molar-refractivity contribution < 1.29 is 9.18 Å². The molecular weight excluding hydrogens is 255 g/mol. The van der Waals surface area contributed by atoms with Gasteiger partial charge in [0.1, 0.15) is 5.82 Å². The second-order valence-electron chi connectivity index (χ2n) is 4.72. The highest BCUT2D eigenvalue weighted by atomic mass is 19.1. The quantitative estimate of drug-likeness (QED) is 0.841. The van der Waals surface area contributed by atoms with Crippen molar-refractivity contribution in [3.05, 3.63) is 65.0 Å². The molecule has 0 aliphatic heterocycles. The summed E-state index contributed by atoms with van der Waals surface area (Å²) in [5, 5.41) is 2.82. The molecule has 2 aromatic carbocycles. The van der Waals surface area contributed by atoms with E-state index in [1.54, 1.807) is 24.3 Å². The van der Waals surface area contributed by atoms with Gasteiger partial charge >= 0.3 is 0 Å². The number of nitrogens with two attached hydrogens (primary N) is 1. The van der Waals surface area contributed by atoms with Crippen LogP contribution >= 0.6 is 0 Å². The fraction of sp³-hybridized carbons (Fsp3) is 0.188. The predicted octanol–water partition coefficient (Wildman–Crippen LogP) is 2.69. The van der Waals surface area contributed by atoms with Crippen molar-refractivity contribution in [1.82, 2.24) is 5.32 Å². The number of hydrogen-bond donors (Lipinski definition) is 2. The summed E-state index contributed by atoms with van der Waals surface area (Å²) in [5.41, 5.74) is 8.71. The first-order chi connectivity index (χ1) is 9.56. The summed E-state index contributed by atoms with van der Waals surface area (Å²) >= 11 is 0. The molecule has 0 bridgehead atoms. The first-order valence-corrected chi connectivity index (χ1v) is 6.45. The summed E-state index contributed by atoms with van der Waals surface area (Å²) in [5.74, 6) is -0.446. The van der Waals surface area contributed by atoms with Crippen LogP contribution in [0, 0.1) is 12.7 Å². The minimum absolute atomic E-state index is 0.187. The average Bonchev–Trinajstić information content (AvgIpc) is 2.43. The Balaban J connectivity index is 1.92. The number of halogens is 1. The summed E-state index contributed by atoms with van der Waals surface area (Å²) in [6.07, 6.45) is 0.651. The predicted molar refractivity (Wildman–Crippen MR) is 78.0 cm³/mol. The monoisotopic (exact) mass is 272 g/mol. The van der Waals surface area contributed by atoms with E-state index in [9.17, 15) is 9.18 Å². The lowest BCUT2D eigenvalue weighted by Gasteiger charge is -2.08. The van der Waals surface area contributed by atoms with Crippen LogP contribution in [0.4, 0.5) is 10.1 Å². The van der Waals surface area contributed by atoms with E-state index in [0.29, 0.717) is 24.2 Å². The van der Waals surface area contributed by atoms with Gasteiger partial charge in [0.05, 0.1) is 5.56 Å². The largest absolute Gasteiger partial charge is 0.398 e. The Labute approximate surface area is 117 Å². The number of aryl methyl sites for hydroxylation is 1. The summed E-state index contributed by atoms with van der Waals surface area (Å²) in [6, 6.07) is 11.6. The maximum Gasteiger partial charge on any atom is 0.253 e. The molecule has 0 saturated carbocycles. The molecule has 0 aliphatic carbocycles. The van der Waals surface area contributed by atoms with E-state index >= 15 is 0 Å². The lowest BCUT2D eigenvalue weighted by molar-refractivity contribution is 0.0955. The minimum atomic E-state index is -0.259. The maximum absolute atomic E-state index is 12.8. The molecule has 1 amide bonds. The standard InChI is InChI=1S/C16H17FN2O/c1-11-2-7-15(18)14(10-11)16(20)19-9-8-12-3-5-13(17)6-4-12/h2-7,10H,8-9,18H2,1H3,(H,19,20). The van der Waals surface area contributed by atoms with Gasteiger partial charge in [-0.25, -0.2) is 4.39 Å². The van der Waals surface area contributed by atoms with Gasteiger partial charge in [0, 0.05) is 12.2 Å². The van der Waals surface area contributed by atoms with Crippen LogP contribution in [0.25, 0.3) is 0 Å². The van der Waals surface area contributed by atoms with Crippen molar-refractivity contribution in [2.24, 2.45) is 0 Å². The van der Waals surface area contributed by atoms with Crippen molar-refractivity contribution in [3.63, 3.8) is 0 Å². The van der Waals surface area contributed by atoms with Gasteiger partial charge in [-0.1, -0.05) is 23.8 Å². The van der Waals surface area contributed by atoms with Gasteiger partial charge in [0.2, 0.25) is 0 Å². The van der Waals surface area contributed by atoms with E-state index in [2.05, 4.69) is 5.32 Å². The highest BCUT2D eigenvalue weighted by Gasteiger charge is 2.09. The van der Waals surface area contributed by atoms with Gasteiger partial charge in [-0.3, -0.25) is 4.79 Å². The molecule has 20 heavy (non-hydrogen) atoms. The van der Waals surface area contributed by atoms with Crippen LogP contribution in [0.3, 0.4) is 0 Å². The van der Waals surface area contributed by atoms with Gasteiger partial charge in [-0.05, 0) is 43.2 Å². The number of benzene rings is 2. The Kier molecular flexibility index (Phi) is 4.35. The van der Waals surface area contributed by atoms with Gasteiger partial charge in [-0.2, -0.15) is 0 Å². The molecule has 0 aromatic heterocycles. The lowest BCUT2D eigenvalue weighted by Crippen LogP contribution is -2.26. The van der Waals surface area contributed by atoms with Crippen LogP contribution < -0.4 is 11.1 Å². The second-order valence-corrected chi connectivity index (χ2v) is 4.72. The Morgan fingerprint density at radius 1 is 1.20 bits per heavy atom. The number of amides is 1. The highest BCUT2D eigenvalue weighted by Crippen LogP contribution is 2.13. The van der Waals surface area contributed by atoms with Gasteiger partial charge in [0.15, 0.2) is 0 Å². The van der Waals surface area contributed by atoms with Crippen molar-refractivity contribution in [3.8, 4) is 0 Å². The second kappa shape index (κ2) is 6.19. The molecular formula is C16H17FN2O. The molecule has 0 aliphatic rings. The van der Waals surface area contributed by atoms with Crippen LogP contribution in [0.2, 0.25) is 0 Å². The number of carbonyl (C=O) groups excluding carboxylic acids is 1. The molecule has 2 aromatic rings. The summed E-state index contributed by atoms with van der Waals surface area (Å²) in [6.45, 7) is 2.40. The van der Waals surface area contributed by atoms with Crippen LogP contribution in [-0.4, -0.2) is 12.5 Å². The molecule has 3 N–H and O–H groups in total. The fourth-order valence-corrected chi connectivity index (χ4v) is 1.93. The van der Waals surface area contributed by atoms with Crippen LogP contribution in [0.15, 0.2) is 42.5 Å². The van der Waals surface area contributed by atoms with Gasteiger partial charge in [0.25, 0.3) is 5.91 Å². The zero-order chi connectivity index (χ0) is 14.5. The third kappa shape index (κ3) is 3.57. The van der Waals surface area contributed by atoms with Crippen molar-refractivity contribution in [2.75, 3.05) is 12.3 Å². The number of hydrogen-bond acceptors (Lipinski definition) is 2. The number of carbonyl (C=O) groups is 1. The van der Waals surface area contributed by atoms with Crippen LogP contribution in [-0.2, 0) is 6.42 Å². The van der Waals surface area contributed by atoms with Crippen molar-refractivity contribution >= 4 is 11.6 Å². The third-order valence-corrected chi connectivity index (χ3v) is 3.07. The topological polar surface area (TPSA) is 55.1 Å². The number of anilines is 1. The molecule has 0 saturated heterocycles. The first-order valence-electron chi connectivity index (χ1n) is 6.45. The number of rotatable bonds is 4. The molecule has 4 heteroatoms. The van der Waals surface area contributed by atoms with E-state index in [4.69, 9.17) is 5.73 Å². The zero-order valence-electron chi connectivity index (χ0n) is 11.3. The minimum Gasteiger partial charge on any atom is -0.398 e. The number of nitrogens with one attached hydrogen (secondary N) is 1. The summed E-state index contributed by atoms with van der Waals surface area (Å²) in [7, 11) is 0. The maximum atomic E-state index is 12.8. The van der Waals surface area contributed by atoms with E-state index in [1.165, 1.54) is 12.1 Å². The molecule has 2 rings (SSSR count). The van der Waals surface area contributed by atoms with E-state index in [1.807, 2.05) is 13.0 Å². The molecule has 0 unspecified atom stereocenters. The fourth-order valence-electron chi connectivity index (χ4n) is 1.93. The van der Waals surface area contributed by atoms with Crippen molar-refractivity contribution in [2.45, 2.75) is 13.3 Å². The van der Waals surface area contributed by atoms with Gasteiger partial charge in [-0.15, -0.1) is 0 Å².